The van der Waals surface area contributed by atoms with Crippen molar-refractivity contribution in [3.05, 3.63) is 59.3 Å². The number of rotatable bonds is 6. The first-order valence-corrected chi connectivity index (χ1v) is 11.9. The summed E-state index contributed by atoms with van der Waals surface area (Å²) < 4.78 is 0. The van der Waals surface area contributed by atoms with Crippen LogP contribution in [-0.2, 0) is 6.54 Å². The molecule has 0 bridgehead atoms. The number of nitriles is 1. The molecule has 0 amide bonds. The third kappa shape index (κ3) is 4.92. The zero-order valence-corrected chi connectivity index (χ0v) is 18.4. The number of aromatic nitrogens is 1. The van der Waals surface area contributed by atoms with Gasteiger partial charge in [-0.25, -0.2) is 4.98 Å². The van der Waals surface area contributed by atoms with E-state index in [1.54, 1.807) is 12.3 Å². The highest BCUT2D eigenvalue weighted by atomic mass is 15.3. The first-order valence-electron chi connectivity index (χ1n) is 11.9. The molecule has 1 aromatic carbocycles. The van der Waals surface area contributed by atoms with E-state index in [1.165, 1.54) is 56.4 Å². The van der Waals surface area contributed by atoms with Gasteiger partial charge in [0.05, 0.1) is 11.6 Å². The van der Waals surface area contributed by atoms with Crippen molar-refractivity contribution in [3.63, 3.8) is 0 Å². The van der Waals surface area contributed by atoms with Crippen LogP contribution in [-0.4, -0.2) is 60.6 Å². The lowest BCUT2D eigenvalue weighted by Gasteiger charge is -2.42. The second-order valence-electron chi connectivity index (χ2n) is 9.56. The summed E-state index contributed by atoms with van der Waals surface area (Å²) in [5.41, 5.74) is 3.70. The molecule has 1 aromatic heterocycles. The molecular weight excluding hydrogens is 382 g/mol. The molecule has 1 aliphatic carbocycles. The van der Waals surface area contributed by atoms with Crippen LogP contribution in [0, 0.1) is 17.2 Å². The highest BCUT2D eigenvalue weighted by Gasteiger charge is 2.32. The van der Waals surface area contributed by atoms with Crippen LogP contribution in [0.4, 0.5) is 5.82 Å². The van der Waals surface area contributed by atoms with Crippen molar-refractivity contribution in [2.24, 2.45) is 5.92 Å². The van der Waals surface area contributed by atoms with Gasteiger partial charge in [0.25, 0.3) is 0 Å². The maximum Gasteiger partial charge on any atom is 0.129 e. The standard InChI is InChI=1S/C26H33N5/c27-18-22-7-8-28-26(17-22)31-13-11-30(12-14-31)20-23-15-25(16-23)24-5-3-21(4-6-24)19-29-9-1-2-10-29/h3-8,17,23,25H,1-2,9-16,19-20H2. The molecule has 162 valence electrons. The molecule has 3 aliphatic rings. The number of piperazine rings is 1. The van der Waals surface area contributed by atoms with E-state index >= 15 is 0 Å². The van der Waals surface area contributed by atoms with Crippen molar-refractivity contribution in [3.8, 4) is 6.07 Å². The van der Waals surface area contributed by atoms with Crippen molar-refractivity contribution in [1.29, 1.82) is 5.26 Å². The van der Waals surface area contributed by atoms with E-state index in [1.807, 2.05) is 6.07 Å². The van der Waals surface area contributed by atoms with Crippen molar-refractivity contribution in [2.45, 2.75) is 38.1 Å². The Morgan fingerprint density at radius 1 is 0.903 bits per heavy atom. The fraction of sp³-hybridized carbons (Fsp3) is 0.538. The Morgan fingerprint density at radius 3 is 2.35 bits per heavy atom. The van der Waals surface area contributed by atoms with Crippen molar-refractivity contribution < 1.29 is 0 Å². The minimum Gasteiger partial charge on any atom is -0.354 e. The van der Waals surface area contributed by atoms with Gasteiger partial charge in [-0.1, -0.05) is 24.3 Å². The van der Waals surface area contributed by atoms with Crippen LogP contribution in [0.25, 0.3) is 0 Å². The van der Waals surface area contributed by atoms with Gasteiger partial charge in [-0.3, -0.25) is 9.80 Å². The number of pyridine rings is 1. The summed E-state index contributed by atoms with van der Waals surface area (Å²) in [4.78, 5) is 12.0. The quantitative estimate of drug-likeness (QED) is 0.717. The lowest BCUT2D eigenvalue weighted by Crippen LogP contribution is -2.49. The molecule has 5 nitrogen and oxygen atoms in total. The number of hydrogen-bond donors (Lipinski definition) is 0. The van der Waals surface area contributed by atoms with E-state index in [-0.39, 0.29) is 0 Å². The molecule has 0 unspecified atom stereocenters. The number of anilines is 1. The molecule has 3 fully saturated rings. The van der Waals surface area contributed by atoms with Gasteiger partial charge < -0.3 is 4.90 Å². The molecule has 0 radical (unpaired) electrons. The molecule has 0 spiro atoms. The highest BCUT2D eigenvalue weighted by molar-refractivity contribution is 5.45. The van der Waals surface area contributed by atoms with Crippen LogP contribution >= 0.6 is 0 Å². The van der Waals surface area contributed by atoms with Crippen LogP contribution in [0.2, 0.25) is 0 Å². The lowest BCUT2D eigenvalue weighted by molar-refractivity contribution is 0.152. The molecule has 5 rings (SSSR count). The molecule has 3 heterocycles. The Morgan fingerprint density at radius 2 is 1.65 bits per heavy atom. The molecule has 0 atom stereocenters. The Labute approximate surface area is 186 Å². The Balaban J connectivity index is 1.05. The van der Waals surface area contributed by atoms with Gasteiger partial charge in [-0.05, 0) is 73.9 Å². The molecule has 31 heavy (non-hydrogen) atoms. The minimum atomic E-state index is 0.692. The summed E-state index contributed by atoms with van der Waals surface area (Å²) in [6, 6.07) is 15.4. The number of benzene rings is 1. The summed E-state index contributed by atoms with van der Waals surface area (Å²) in [7, 11) is 0. The normalized spacial score (nSPS) is 24.7. The Kier molecular flexibility index (Phi) is 6.20. The summed E-state index contributed by atoms with van der Waals surface area (Å²) in [5.74, 6) is 2.53. The van der Waals surface area contributed by atoms with Crippen LogP contribution in [0.3, 0.4) is 0 Å². The fourth-order valence-electron chi connectivity index (χ4n) is 5.44. The molecule has 2 aromatic rings. The summed E-state index contributed by atoms with van der Waals surface area (Å²) >= 11 is 0. The van der Waals surface area contributed by atoms with Crippen LogP contribution in [0.1, 0.15) is 48.3 Å². The van der Waals surface area contributed by atoms with E-state index in [9.17, 15) is 0 Å². The van der Waals surface area contributed by atoms with E-state index in [0.717, 1.165) is 50.4 Å². The van der Waals surface area contributed by atoms with Crippen molar-refractivity contribution in [2.75, 3.05) is 50.7 Å². The molecule has 1 saturated carbocycles. The van der Waals surface area contributed by atoms with Gasteiger partial charge in [-0.15, -0.1) is 0 Å². The van der Waals surface area contributed by atoms with Gasteiger partial charge in [0, 0.05) is 45.5 Å². The number of nitrogens with zero attached hydrogens (tertiary/aromatic N) is 5. The van der Waals surface area contributed by atoms with E-state index in [4.69, 9.17) is 5.26 Å². The second-order valence-corrected chi connectivity index (χ2v) is 9.56. The topological polar surface area (TPSA) is 46.4 Å². The van der Waals surface area contributed by atoms with Gasteiger partial charge in [-0.2, -0.15) is 5.26 Å². The third-order valence-electron chi connectivity index (χ3n) is 7.38. The van der Waals surface area contributed by atoms with Crippen LogP contribution in [0.5, 0.6) is 0 Å². The average Bonchev–Trinajstić information content (AvgIpc) is 3.30. The summed E-state index contributed by atoms with van der Waals surface area (Å²) in [6.07, 6.45) is 7.13. The highest BCUT2D eigenvalue weighted by Crippen LogP contribution is 2.42. The van der Waals surface area contributed by atoms with E-state index < -0.39 is 0 Å². The van der Waals surface area contributed by atoms with Crippen LogP contribution in [0.15, 0.2) is 42.6 Å². The monoisotopic (exact) mass is 415 g/mol. The first-order chi connectivity index (χ1) is 15.3. The summed E-state index contributed by atoms with van der Waals surface area (Å²) in [6.45, 7) is 9.05. The minimum absolute atomic E-state index is 0.692. The van der Waals surface area contributed by atoms with Gasteiger partial charge in [0.2, 0.25) is 0 Å². The zero-order valence-electron chi connectivity index (χ0n) is 18.4. The summed E-state index contributed by atoms with van der Waals surface area (Å²) in [5, 5.41) is 9.10. The maximum atomic E-state index is 9.10. The predicted molar refractivity (Wildman–Crippen MR) is 124 cm³/mol. The smallest absolute Gasteiger partial charge is 0.129 e. The fourth-order valence-corrected chi connectivity index (χ4v) is 5.44. The second kappa shape index (κ2) is 9.38. The molecule has 5 heteroatoms. The predicted octanol–water partition coefficient (Wildman–Crippen LogP) is 3.86. The number of hydrogen-bond acceptors (Lipinski definition) is 5. The number of likely N-dealkylation sites (tertiary alicyclic amines) is 1. The SMILES string of the molecule is N#Cc1ccnc(N2CCN(CC3CC(c4ccc(CN5CCCC5)cc4)C3)CC2)c1. The average molecular weight is 416 g/mol. The molecular formula is C26H33N5. The van der Waals surface area contributed by atoms with Crippen molar-refractivity contribution in [1.82, 2.24) is 14.8 Å². The zero-order chi connectivity index (χ0) is 21.0. The first kappa shape index (κ1) is 20.5. The molecule has 0 N–H and O–H groups in total. The van der Waals surface area contributed by atoms with Crippen molar-refractivity contribution >= 4 is 5.82 Å². The van der Waals surface area contributed by atoms with Gasteiger partial charge in [0.15, 0.2) is 0 Å². The van der Waals surface area contributed by atoms with Gasteiger partial charge in [0.1, 0.15) is 5.82 Å². The Bertz CT molecular complexity index is 898. The molecule has 2 aliphatic heterocycles. The third-order valence-corrected chi connectivity index (χ3v) is 7.38. The van der Waals surface area contributed by atoms with E-state index in [0.29, 0.717) is 5.56 Å². The largest absolute Gasteiger partial charge is 0.354 e. The lowest BCUT2D eigenvalue weighted by atomic mass is 9.71. The van der Waals surface area contributed by atoms with Gasteiger partial charge >= 0.3 is 0 Å². The van der Waals surface area contributed by atoms with E-state index in [2.05, 4.69) is 50.0 Å². The Hall–Kier alpha value is -2.42. The van der Waals surface area contributed by atoms with Crippen LogP contribution < -0.4 is 4.90 Å². The molecule has 2 saturated heterocycles. The maximum absolute atomic E-state index is 9.10.